The molecule has 114 valence electrons. The lowest BCUT2D eigenvalue weighted by atomic mass is 10.1. The van der Waals surface area contributed by atoms with E-state index in [0.29, 0.717) is 12.0 Å². The number of rotatable bonds is 4. The normalized spacial score (nSPS) is 20.3. The lowest BCUT2D eigenvalue weighted by molar-refractivity contribution is -0.0156. The van der Waals surface area contributed by atoms with Crippen LogP contribution in [0.15, 0.2) is 23.7 Å². The third-order valence-electron chi connectivity index (χ3n) is 3.99. The number of morpholine rings is 1. The van der Waals surface area contributed by atoms with Crippen LogP contribution in [0.4, 0.5) is 0 Å². The smallest absolute Gasteiger partial charge is 0.0954 e. The average Bonchev–Trinajstić information content (AvgIpc) is 3.09. The molecule has 1 aliphatic rings. The van der Waals surface area contributed by atoms with Crippen molar-refractivity contribution in [1.82, 2.24) is 14.5 Å². The van der Waals surface area contributed by atoms with E-state index in [-0.39, 0.29) is 0 Å². The molecule has 0 amide bonds. The molecule has 0 radical (unpaired) electrons. The van der Waals surface area contributed by atoms with Gasteiger partial charge in [-0.05, 0) is 12.1 Å². The molecule has 1 aliphatic heterocycles. The van der Waals surface area contributed by atoms with Gasteiger partial charge in [0.1, 0.15) is 0 Å². The van der Waals surface area contributed by atoms with Gasteiger partial charge in [-0.1, -0.05) is 13.8 Å². The minimum atomic E-state index is 0.322. The molecule has 1 atom stereocenters. The highest BCUT2D eigenvalue weighted by molar-refractivity contribution is 7.09. The average molecular weight is 305 g/mol. The summed E-state index contributed by atoms with van der Waals surface area (Å²) in [4.78, 5) is 7.26. The fourth-order valence-electron chi connectivity index (χ4n) is 2.79. The number of thiazole rings is 1. The van der Waals surface area contributed by atoms with Gasteiger partial charge in [0.05, 0.1) is 30.0 Å². The quantitative estimate of drug-likeness (QED) is 0.869. The maximum atomic E-state index is 5.70. The third-order valence-corrected chi connectivity index (χ3v) is 5.19. The van der Waals surface area contributed by atoms with E-state index in [2.05, 4.69) is 54.1 Å². The van der Waals surface area contributed by atoms with Crippen molar-refractivity contribution in [2.75, 3.05) is 19.8 Å². The highest BCUT2D eigenvalue weighted by Gasteiger charge is 2.26. The third kappa shape index (κ3) is 3.20. The monoisotopic (exact) mass is 305 g/mol. The Morgan fingerprint density at radius 1 is 1.48 bits per heavy atom. The van der Waals surface area contributed by atoms with Gasteiger partial charge in [0, 0.05) is 43.3 Å². The van der Waals surface area contributed by atoms with Crippen molar-refractivity contribution in [2.45, 2.75) is 32.4 Å². The van der Waals surface area contributed by atoms with E-state index >= 15 is 0 Å². The first-order chi connectivity index (χ1) is 10.1. The summed E-state index contributed by atoms with van der Waals surface area (Å²) in [5.41, 5.74) is 2.50. The van der Waals surface area contributed by atoms with Gasteiger partial charge in [0.15, 0.2) is 0 Å². The van der Waals surface area contributed by atoms with Crippen molar-refractivity contribution in [3.05, 3.63) is 40.1 Å². The Balaban J connectivity index is 1.76. The Bertz CT molecular complexity index is 590. The summed E-state index contributed by atoms with van der Waals surface area (Å²) in [6.07, 6.45) is 2.10. The number of hydrogen-bond acceptors (Lipinski definition) is 4. The van der Waals surface area contributed by atoms with E-state index in [4.69, 9.17) is 9.72 Å². The molecule has 2 aromatic rings. The molecule has 2 aromatic heterocycles. The number of ether oxygens (including phenoxy) is 1. The topological polar surface area (TPSA) is 30.3 Å². The first-order valence-electron chi connectivity index (χ1n) is 7.52. The maximum absolute atomic E-state index is 5.70. The van der Waals surface area contributed by atoms with Crippen LogP contribution >= 0.6 is 11.3 Å². The predicted molar refractivity (Wildman–Crippen MR) is 85.6 cm³/mol. The zero-order chi connectivity index (χ0) is 14.8. The largest absolute Gasteiger partial charge is 0.378 e. The van der Waals surface area contributed by atoms with E-state index in [9.17, 15) is 0 Å². The van der Waals surface area contributed by atoms with Crippen LogP contribution in [0.2, 0.25) is 0 Å². The van der Waals surface area contributed by atoms with Gasteiger partial charge in [-0.2, -0.15) is 0 Å². The van der Waals surface area contributed by atoms with Gasteiger partial charge >= 0.3 is 0 Å². The van der Waals surface area contributed by atoms with Crippen LogP contribution in [0, 0.1) is 0 Å². The molecule has 0 bridgehead atoms. The molecule has 1 unspecified atom stereocenters. The van der Waals surface area contributed by atoms with Crippen molar-refractivity contribution >= 4 is 11.3 Å². The van der Waals surface area contributed by atoms with Gasteiger partial charge in [0.25, 0.3) is 0 Å². The zero-order valence-corrected chi connectivity index (χ0v) is 13.8. The number of hydrogen-bond donors (Lipinski definition) is 0. The van der Waals surface area contributed by atoms with E-state index in [1.165, 1.54) is 16.4 Å². The minimum absolute atomic E-state index is 0.322. The summed E-state index contributed by atoms with van der Waals surface area (Å²) in [5, 5.41) is 3.43. The Labute approximate surface area is 130 Å². The first kappa shape index (κ1) is 14.8. The van der Waals surface area contributed by atoms with Crippen molar-refractivity contribution in [2.24, 2.45) is 7.05 Å². The predicted octanol–water partition coefficient (Wildman–Crippen LogP) is 3.18. The van der Waals surface area contributed by atoms with Crippen LogP contribution in [0.1, 0.15) is 42.2 Å². The minimum Gasteiger partial charge on any atom is -0.378 e. The lowest BCUT2D eigenvalue weighted by Crippen LogP contribution is -2.39. The Morgan fingerprint density at radius 3 is 3.00 bits per heavy atom. The summed E-state index contributed by atoms with van der Waals surface area (Å²) < 4.78 is 7.89. The van der Waals surface area contributed by atoms with Crippen LogP contribution in [0.5, 0.6) is 0 Å². The van der Waals surface area contributed by atoms with Gasteiger partial charge in [-0.25, -0.2) is 4.98 Å². The molecule has 21 heavy (non-hydrogen) atoms. The fourth-order valence-corrected chi connectivity index (χ4v) is 3.61. The second-order valence-corrected chi connectivity index (χ2v) is 6.83. The summed E-state index contributed by atoms with van der Waals surface area (Å²) in [6, 6.07) is 4.61. The molecule has 3 rings (SSSR count). The molecule has 0 spiro atoms. The van der Waals surface area contributed by atoms with Gasteiger partial charge in [-0.15, -0.1) is 11.3 Å². The lowest BCUT2D eigenvalue weighted by Gasteiger charge is -2.35. The molecular formula is C16H23N3OS. The van der Waals surface area contributed by atoms with Crippen molar-refractivity contribution in [1.29, 1.82) is 0 Å². The van der Waals surface area contributed by atoms with Crippen molar-refractivity contribution in [3.8, 4) is 0 Å². The Hall–Kier alpha value is -1.17. The Morgan fingerprint density at radius 2 is 2.33 bits per heavy atom. The Kier molecular flexibility index (Phi) is 4.42. The number of nitrogens with zero attached hydrogens (tertiary/aromatic N) is 3. The molecular weight excluding hydrogens is 282 g/mol. The summed E-state index contributed by atoms with van der Waals surface area (Å²) in [7, 11) is 2.10. The highest BCUT2D eigenvalue weighted by Crippen LogP contribution is 2.27. The van der Waals surface area contributed by atoms with Gasteiger partial charge in [-0.3, -0.25) is 4.90 Å². The molecule has 4 nitrogen and oxygen atoms in total. The number of aryl methyl sites for hydroxylation is 1. The molecule has 0 N–H and O–H groups in total. The van der Waals surface area contributed by atoms with Gasteiger partial charge in [0.2, 0.25) is 0 Å². The summed E-state index contributed by atoms with van der Waals surface area (Å²) in [6.45, 7) is 7.84. The standard InChI is InChI=1S/C16H23N3OS/c1-12(2)16-17-13(11-21-16)9-19-7-8-20-10-15(19)14-5-4-6-18(14)3/h4-6,11-12,15H,7-10H2,1-3H3. The van der Waals surface area contributed by atoms with E-state index < -0.39 is 0 Å². The molecule has 0 saturated carbocycles. The molecule has 3 heterocycles. The second-order valence-electron chi connectivity index (χ2n) is 5.94. The van der Waals surface area contributed by atoms with Crippen LogP contribution < -0.4 is 0 Å². The van der Waals surface area contributed by atoms with Crippen molar-refractivity contribution in [3.63, 3.8) is 0 Å². The van der Waals surface area contributed by atoms with Crippen LogP contribution in [0.25, 0.3) is 0 Å². The second kappa shape index (κ2) is 6.30. The molecule has 0 aromatic carbocycles. The van der Waals surface area contributed by atoms with E-state index in [0.717, 1.165) is 26.3 Å². The molecule has 1 fully saturated rings. The summed E-state index contributed by atoms with van der Waals surface area (Å²) >= 11 is 1.77. The molecule has 1 saturated heterocycles. The molecule has 5 heteroatoms. The van der Waals surface area contributed by atoms with Crippen LogP contribution in [-0.4, -0.2) is 34.2 Å². The fraction of sp³-hybridized carbons (Fsp3) is 0.562. The number of aromatic nitrogens is 2. The maximum Gasteiger partial charge on any atom is 0.0954 e. The van der Waals surface area contributed by atoms with E-state index in [1.807, 2.05) is 0 Å². The highest BCUT2D eigenvalue weighted by atomic mass is 32.1. The summed E-state index contributed by atoms with van der Waals surface area (Å²) in [5.74, 6) is 0.511. The van der Waals surface area contributed by atoms with Crippen LogP contribution in [-0.2, 0) is 18.3 Å². The van der Waals surface area contributed by atoms with Crippen molar-refractivity contribution < 1.29 is 4.74 Å². The zero-order valence-electron chi connectivity index (χ0n) is 13.0. The first-order valence-corrected chi connectivity index (χ1v) is 8.40. The van der Waals surface area contributed by atoms with Gasteiger partial charge < -0.3 is 9.30 Å². The van der Waals surface area contributed by atoms with E-state index in [1.54, 1.807) is 11.3 Å². The molecule has 0 aliphatic carbocycles. The SMILES string of the molecule is CC(C)c1nc(CN2CCOCC2c2cccn2C)cs1. The van der Waals surface area contributed by atoms with Crippen LogP contribution in [0.3, 0.4) is 0 Å².